The number of rotatable bonds is 6. The number of nitrogens with zero attached hydrogens (tertiary/aromatic N) is 2. The molecule has 0 aliphatic rings. The van der Waals surface area contributed by atoms with Crippen molar-refractivity contribution in [1.29, 1.82) is 0 Å². The molecule has 1 aromatic carbocycles. The number of nitrogens with one attached hydrogen (secondary N) is 1. The lowest BCUT2D eigenvalue weighted by Crippen LogP contribution is -2.08. The average Bonchev–Trinajstić information content (AvgIpc) is 2.48. The molecule has 5 heteroatoms. The molecular weight excluding hydrogens is 242 g/mol. The van der Waals surface area contributed by atoms with Crippen LogP contribution in [0.25, 0.3) is 0 Å². The number of para-hydroxylation sites is 1. The molecule has 0 radical (unpaired) electrons. The van der Waals surface area contributed by atoms with Gasteiger partial charge in [-0.2, -0.15) is 0 Å². The molecule has 1 heterocycles. The Morgan fingerprint density at radius 2 is 2.11 bits per heavy atom. The van der Waals surface area contributed by atoms with E-state index in [1.165, 1.54) is 0 Å². The van der Waals surface area contributed by atoms with Gasteiger partial charge in [-0.3, -0.25) is 0 Å². The summed E-state index contributed by atoms with van der Waals surface area (Å²) in [6.07, 6.45) is 2.46. The monoisotopic (exact) mass is 259 g/mol. The Hall–Kier alpha value is -2.14. The second-order valence-corrected chi connectivity index (χ2v) is 4.00. The predicted molar refractivity (Wildman–Crippen MR) is 73.1 cm³/mol. The van der Waals surface area contributed by atoms with Gasteiger partial charge in [-0.25, -0.2) is 9.97 Å². The minimum Gasteiger partial charge on any atom is -0.496 e. The number of ether oxygens (including phenoxy) is 1. The van der Waals surface area contributed by atoms with Crippen molar-refractivity contribution in [1.82, 2.24) is 9.97 Å². The van der Waals surface area contributed by atoms with E-state index >= 15 is 0 Å². The van der Waals surface area contributed by atoms with Crippen molar-refractivity contribution in [2.45, 2.75) is 13.0 Å². The molecule has 0 bridgehead atoms. The minimum atomic E-state index is -0.151. The van der Waals surface area contributed by atoms with Gasteiger partial charge in [0.05, 0.1) is 7.11 Å². The molecule has 0 aliphatic heterocycles. The average molecular weight is 259 g/mol. The Bertz CT molecular complexity index is 532. The van der Waals surface area contributed by atoms with Crippen molar-refractivity contribution in [2.24, 2.45) is 0 Å². The Labute approximate surface area is 112 Å². The molecule has 0 amide bonds. The maximum atomic E-state index is 8.96. The lowest BCUT2D eigenvalue weighted by atomic mass is 10.1. The van der Waals surface area contributed by atoms with Gasteiger partial charge in [0.1, 0.15) is 18.2 Å². The molecule has 0 unspecified atom stereocenters. The molecule has 100 valence electrons. The van der Waals surface area contributed by atoms with Gasteiger partial charge < -0.3 is 15.2 Å². The summed E-state index contributed by atoms with van der Waals surface area (Å²) in [5, 5.41) is 12.2. The molecule has 2 N–H and O–H groups in total. The summed E-state index contributed by atoms with van der Waals surface area (Å²) < 4.78 is 5.30. The Morgan fingerprint density at radius 3 is 2.89 bits per heavy atom. The summed E-state index contributed by atoms with van der Waals surface area (Å²) >= 11 is 0. The van der Waals surface area contributed by atoms with E-state index in [1.807, 2.05) is 24.3 Å². The van der Waals surface area contributed by atoms with Crippen molar-refractivity contribution in [2.75, 3.05) is 19.0 Å². The molecule has 1 aromatic heterocycles. The lowest BCUT2D eigenvalue weighted by Gasteiger charge is -2.09. The number of aromatic nitrogens is 2. The molecule has 0 atom stereocenters. The van der Waals surface area contributed by atoms with E-state index in [-0.39, 0.29) is 6.61 Å². The van der Waals surface area contributed by atoms with Crippen LogP contribution in [0.2, 0.25) is 0 Å². The number of aliphatic hydroxyl groups is 1. The summed E-state index contributed by atoms with van der Waals surface area (Å²) in [4.78, 5) is 8.09. The van der Waals surface area contributed by atoms with Crippen molar-refractivity contribution in [3.8, 4) is 5.75 Å². The zero-order valence-corrected chi connectivity index (χ0v) is 10.8. The zero-order valence-electron chi connectivity index (χ0n) is 10.8. The highest BCUT2D eigenvalue weighted by atomic mass is 16.5. The van der Waals surface area contributed by atoms with Gasteiger partial charge in [0.15, 0.2) is 5.82 Å². The minimum absolute atomic E-state index is 0.151. The van der Waals surface area contributed by atoms with Crippen LogP contribution in [0.1, 0.15) is 11.4 Å². The van der Waals surface area contributed by atoms with Crippen molar-refractivity contribution in [3.63, 3.8) is 0 Å². The highest BCUT2D eigenvalue weighted by Crippen LogP contribution is 2.17. The standard InChI is InChI=1S/C14H17N3O2/c1-19-12-5-3-2-4-11(12)6-8-15-13-7-9-16-14(10-18)17-13/h2-5,7,9,18H,6,8,10H2,1H3,(H,15,16,17). The quantitative estimate of drug-likeness (QED) is 0.825. The fraction of sp³-hybridized carbons (Fsp3) is 0.286. The SMILES string of the molecule is COc1ccccc1CCNc1ccnc(CO)n1. The van der Waals surface area contributed by atoms with Crippen LogP contribution in [0.4, 0.5) is 5.82 Å². The summed E-state index contributed by atoms with van der Waals surface area (Å²) in [5.74, 6) is 2.03. The van der Waals surface area contributed by atoms with Crippen LogP contribution in [0.5, 0.6) is 5.75 Å². The summed E-state index contributed by atoms with van der Waals surface area (Å²) in [5.41, 5.74) is 1.15. The van der Waals surface area contributed by atoms with E-state index in [0.29, 0.717) is 11.6 Å². The third-order valence-corrected chi connectivity index (χ3v) is 2.74. The Morgan fingerprint density at radius 1 is 1.26 bits per heavy atom. The molecule has 0 spiro atoms. The maximum Gasteiger partial charge on any atom is 0.156 e. The van der Waals surface area contributed by atoms with Crippen molar-refractivity contribution >= 4 is 5.82 Å². The Kier molecular flexibility index (Phi) is 4.69. The molecule has 2 rings (SSSR count). The molecule has 0 saturated carbocycles. The smallest absolute Gasteiger partial charge is 0.156 e. The highest BCUT2D eigenvalue weighted by Gasteiger charge is 2.02. The summed E-state index contributed by atoms with van der Waals surface area (Å²) in [7, 11) is 1.67. The molecule has 2 aromatic rings. The van der Waals surface area contributed by atoms with Crippen LogP contribution in [-0.4, -0.2) is 28.7 Å². The fourth-order valence-corrected chi connectivity index (χ4v) is 1.81. The molecule has 0 aliphatic carbocycles. The van der Waals surface area contributed by atoms with E-state index < -0.39 is 0 Å². The van der Waals surface area contributed by atoms with Crippen molar-refractivity contribution in [3.05, 3.63) is 47.9 Å². The second kappa shape index (κ2) is 6.70. The van der Waals surface area contributed by atoms with Crippen LogP contribution in [-0.2, 0) is 13.0 Å². The van der Waals surface area contributed by atoms with Gasteiger partial charge >= 0.3 is 0 Å². The third-order valence-electron chi connectivity index (χ3n) is 2.74. The first-order valence-electron chi connectivity index (χ1n) is 6.12. The molecule has 5 nitrogen and oxygen atoms in total. The topological polar surface area (TPSA) is 67.3 Å². The molecule has 0 fully saturated rings. The largest absolute Gasteiger partial charge is 0.496 e. The molecular formula is C14H17N3O2. The van der Waals surface area contributed by atoms with Gasteiger partial charge in [-0.05, 0) is 24.1 Å². The van der Waals surface area contributed by atoms with Crippen LogP contribution < -0.4 is 10.1 Å². The van der Waals surface area contributed by atoms with Crippen molar-refractivity contribution < 1.29 is 9.84 Å². The number of hydrogen-bond donors (Lipinski definition) is 2. The predicted octanol–water partition coefficient (Wildman–Crippen LogP) is 1.63. The van der Waals surface area contributed by atoms with E-state index in [1.54, 1.807) is 19.4 Å². The Balaban J connectivity index is 1.92. The maximum absolute atomic E-state index is 8.96. The van der Waals surface area contributed by atoms with Crippen LogP contribution >= 0.6 is 0 Å². The van der Waals surface area contributed by atoms with Crippen LogP contribution in [0, 0.1) is 0 Å². The first-order valence-corrected chi connectivity index (χ1v) is 6.12. The van der Waals surface area contributed by atoms with E-state index in [9.17, 15) is 0 Å². The van der Waals surface area contributed by atoms with E-state index in [0.717, 1.165) is 24.3 Å². The van der Waals surface area contributed by atoms with E-state index in [2.05, 4.69) is 15.3 Å². The summed E-state index contributed by atoms with van der Waals surface area (Å²) in [6, 6.07) is 9.71. The summed E-state index contributed by atoms with van der Waals surface area (Å²) in [6.45, 7) is 0.588. The second-order valence-electron chi connectivity index (χ2n) is 4.00. The highest BCUT2D eigenvalue weighted by molar-refractivity contribution is 5.36. The first kappa shape index (κ1) is 13.3. The molecule has 0 saturated heterocycles. The van der Waals surface area contributed by atoms with Crippen LogP contribution in [0.3, 0.4) is 0 Å². The number of hydrogen-bond acceptors (Lipinski definition) is 5. The van der Waals surface area contributed by atoms with E-state index in [4.69, 9.17) is 9.84 Å². The normalized spacial score (nSPS) is 10.2. The van der Waals surface area contributed by atoms with Gasteiger partial charge in [0.25, 0.3) is 0 Å². The van der Waals surface area contributed by atoms with Gasteiger partial charge in [0.2, 0.25) is 0 Å². The van der Waals surface area contributed by atoms with Crippen LogP contribution in [0.15, 0.2) is 36.5 Å². The third kappa shape index (κ3) is 3.66. The van der Waals surface area contributed by atoms with Gasteiger partial charge in [0, 0.05) is 12.7 Å². The zero-order chi connectivity index (χ0) is 13.5. The molecule has 19 heavy (non-hydrogen) atoms. The van der Waals surface area contributed by atoms with Gasteiger partial charge in [-0.1, -0.05) is 18.2 Å². The lowest BCUT2D eigenvalue weighted by molar-refractivity contribution is 0.271. The van der Waals surface area contributed by atoms with Gasteiger partial charge in [-0.15, -0.1) is 0 Å². The number of benzene rings is 1. The number of methoxy groups -OCH3 is 1. The number of aliphatic hydroxyl groups excluding tert-OH is 1. The fourth-order valence-electron chi connectivity index (χ4n) is 1.81. The first-order chi connectivity index (χ1) is 9.33. The number of anilines is 1.